The molecule has 0 radical (unpaired) electrons. The van der Waals surface area contributed by atoms with Crippen LogP contribution < -0.4 is 90.4 Å². The third kappa shape index (κ3) is 25.3. The summed E-state index contributed by atoms with van der Waals surface area (Å²) in [6, 6.07) is 50.6. The molecule has 6 aromatic carbocycles. The number of hydrogen-bond donors (Lipinski definition) is 6. The van der Waals surface area contributed by atoms with Gasteiger partial charge < -0.3 is 61.4 Å². The maximum atomic E-state index is 13.5. The van der Waals surface area contributed by atoms with E-state index in [1.165, 1.54) is 30.5 Å². The Labute approximate surface area is 625 Å². The summed E-state index contributed by atoms with van der Waals surface area (Å²) in [6.45, 7) is 8.13. The number of amides is 1. The number of aromatic nitrogens is 8. The number of methoxy groups -OCH3 is 6. The molecule has 10 rings (SSSR count). The SMILES string of the molecule is COc1ccc(Cn2c(CCCN)cc(=O)n(Cc3ccc(OC)cc3)c2=O)cc1.COc1ccc(Cn2c(CCCN=C(N)N)cc(=O)n(Cc3ccc(OC)cc3)c2=O)cc1.COc1ccc(Cn2c(CCCNC(=O)OC(C)(C)C)cc(=O)n(Cc3ccc(OC)cc3)c2=O)cc1.N=C(N)n1cccn1. The van der Waals surface area contributed by atoms with Gasteiger partial charge in [-0.3, -0.25) is 52.2 Å². The second-order valence-electron chi connectivity index (χ2n) is 25.5. The Morgan fingerprint density at radius 1 is 0.444 bits per heavy atom. The number of carbonyl (C=O) groups excluding carboxylic acids is 1. The smallest absolute Gasteiger partial charge is 0.407 e. The van der Waals surface area contributed by atoms with Crippen molar-refractivity contribution in [3.05, 3.63) is 295 Å². The predicted octanol–water partition coefficient (Wildman–Crippen LogP) is 6.55. The van der Waals surface area contributed by atoms with Crippen molar-refractivity contribution in [1.29, 1.82) is 5.41 Å². The number of alkyl carbamates (subject to hydrolysis) is 1. The minimum absolute atomic E-state index is 0.0144. The molecule has 0 aliphatic heterocycles. The number of guanidine groups is 1. The number of carbonyl (C=O) groups is 1. The first-order chi connectivity index (χ1) is 51.8. The van der Waals surface area contributed by atoms with Crippen LogP contribution >= 0.6 is 0 Å². The fourth-order valence-corrected chi connectivity index (χ4v) is 11.0. The minimum Gasteiger partial charge on any atom is -0.497 e. The lowest BCUT2D eigenvalue weighted by Crippen LogP contribution is -2.41. The summed E-state index contributed by atoms with van der Waals surface area (Å²) in [5.74, 6) is 4.28. The normalized spacial score (nSPS) is 10.7. The van der Waals surface area contributed by atoms with Crippen molar-refractivity contribution in [3.63, 3.8) is 0 Å². The summed E-state index contributed by atoms with van der Waals surface area (Å²) >= 11 is 0. The van der Waals surface area contributed by atoms with E-state index < -0.39 is 17.4 Å². The van der Waals surface area contributed by atoms with Crippen LogP contribution in [0.15, 0.2) is 216 Å². The zero-order chi connectivity index (χ0) is 78.3. The number of aryl methyl sites for hydroxylation is 3. The van der Waals surface area contributed by atoms with Crippen molar-refractivity contribution in [2.45, 2.75) is 104 Å². The number of nitrogens with one attached hydrogen (secondary N) is 2. The predicted molar refractivity (Wildman–Crippen MR) is 416 cm³/mol. The molecule has 0 spiro atoms. The molecule has 0 bridgehead atoms. The second kappa shape index (κ2) is 41.1. The molecule has 0 unspecified atom stereocenters. The molecule has 108 heavy (non-hydrogen) atoms. The molecule has 4 aromatic heterocycles. The number of benzene rings is 6. The standard InChI is InChI=1S/C28H35N3O6.C24H29N5O4.C23H27N3O4.C4H6N4/c1-28(2,3)37-26(33)29-16-6-7-22-17-25(32)31(19-21-10-14-24(36-5)15-11-21)27(34)30(22)18-20-8-12-23(35-4)13-9-20;1-32-20-9-5-17(6-10-20)15-28-19(4-3-13-27-23(25)26)14-22(30)29(24(28)31)16-18-7-11-21(33-2)12-8-18;1-29-20-9-5-17(6-10-20)15-25-19(4-3-13-24)14-22(27)26(23(25)28)16-18-7-11-21(30-2)12-8-18;5-4(6)8-3-1-2-7-8/h8-15,17H,6-7,16,18-19H2,1-5H3,(H,29,33);5-12,14H,3-4,13,15-16H2,1-2H3,(H4,25,26,27);5-12,14H,3-4,13,15-16,24H2,1-2H3;1-3H,(H3,5,6). The van der Waals surface area contributed by atoms with E-state index in [4.69, 9.17) is 61.5 Å². The fraction of sp³-hybridized carbons (Fsp3) is 0.316. The molecule has 4 heterocycles. The number of rotatable bonds is 29. The molecule has 29 heteroatoms. The maximum Gasteiger partial charge on any atom is 0.407 e. The summed E-state index contributed by atoms with van der Waals surface area (Å²) in [5.41, 5.74) is 25.9. The molecule has 29 nitrogen and oxygen atoms in total. The van der Waals surface area contributed by atoms with Crippen LogP contribution in [-0.2, 0) is 63.3 Å². The third-order valence-electron chi connectivity index (χ3n) is 16.6. The Hall–Kier alpha value is -12.7. The van der Waals surface area contributed by atoms with Crippen LogP contribution in [0.2, 0.25) is 0 Å². The van der Waals surface area contributed by atoms with Gasteiger partial charge in [0, 0.05) is 60.8 Å². The number of ether oxygens (including phenoxy) is 7. The summed E-state index contributed by atoms with van der Waals surface area (Å²) in [4.78, 5) is 94.7. The molecule has 0 aliphatic carbocycles. The fourth-order valence-electron chi connectivity index (χ4n) is 11.0. The number of nitrogens with two attached hydrogens (primary N) is 4. The van der Waals surface area contributed by atoms with Gasteiger partial charge in [0.25, 0.3) is 16.7 Å². The molecule has 0 aliphatic rings. The van der Waals surface area contributed by atoms with E-state index in [0.29, 0.717) is 112 Å². The zero-order valence-corrected chi connectivity index (χ0v) is 62.5. The Morgan fingerprint density at radius 3 is 0.972 bits per heavy atom. The molecule has 0 atom stereocenters. The highest BCUT2D eigenvalue weighted by molar-refractivity contribution is 5.76. The number of nitrogens with zero attached hydrogens (tertiary/aromatic N) is 9. The summed E-state index contributed by atoms with van der Waals surface area (Å²) in [5, 5.41) is 13.2. The van der Waals surface area contributed by atoms with Gasteiger partial charge in [-0.2, -0.15) is 5.10 Å². The van der Waals surface area contributed by atoms with Gasteiger partial charge in [-0.1, -0.05) is 72.8 Å². The van der Waals surface area contributed by atoms with Crippen molar-refractivity contribution >= 4 is 18.0 Å². The van der Waals surface area contributed by atoms with Gasteiger partial charge in [0.2, 0.25) is 5.96 Å². The van der Waals surface area contributed by atoms with Crippen molar-refractivity contribution in [3.8, 4) is 34.5 Å². The van der Waals surface area contributed by atoms with Crippen molar-refractivity contribution < 1.29 is 38.0 Å². The topological polar surface area (TPSA) is 384 Å². The van der Waals surface area contributed by atoms with Gasteiger partial charge in [-0.15, -0.1) is 0 Å². The summed E-state index contributed by atoms with van der Waals surface area (Å²) < 4.78 is 46.3. The molecular formula is C79H97N15O14. The average Bonchev–Trinajstić information content (AvgIpc) is 0.936. The molecule has 572 valence electrons. The highest BCUT2D eigenvalue weighted by Gasteiger charge is 2.19. The van der Waals surface area contributed by atoms with Gasteiger partial charge in [-0.05, 0) is 178 Å². The monoisotopic (exact) mass is 1480 g/mol. The highest BCUT2D eigenvalue weighted by atomic mass is 16.6. The average molecular weight is 1480 g/mol. The lowest BCUT2D eigenvalue weighted by atomic mass is 10.1. The Kier molecular flexibility index (Phi) is 31.5. The van der Waals surface area contributed by atoms with E-state index in [1.807, 2.05) is 121 Å². The number of aliphatic imine (C=N–C) groups is 1. The van der Waals surface area contributed by atoms with E-state index in [-0.39, 0.29) is 59.6 Å². The lowest BCUT2D eigenvalue weighted by Gasteiger charge is -2.20. The molecule has 10 aromatic rings. The number of nitrogen functional groups attached to an aromatic ring is 1. The Morgan fingerprint density at radius 2 is 0.731 bits per heavy atom. The van der Waals surface area contributed by atoms with Crippen LogP contribution in [0.1, 0.15) is 90.5 Å². The lowest BCUT2D eigenvalue weighted by molar-refractivity contribution is 0.0527. The summed E-state index contributed by atoms with van der Waals surface area (Å²) in [6.07, 6.45) is 6.00. The van der Waals surface area contributed by atoms with E-state index >= 15 is 0 Å². The van der Waals surface area contributed by atoms with Crippen molar-refractivity contribution in [2.24, 2.45) is 27.9 Å². The second-order valence-corrected chi connectivity index (χ2v) is 25.5. The van der Waals surface area contributed by atoms with Crippen LogP contribution in [0, 0.1) is 5.41 Å². The van der Waals surface area contributed by atoms with Crippen molar-refractivity contribution in [2.75, 3.05) is 62.3 Å². The van der Waals surface area contributed by atoms with Gasteiger partial charge in [0.05, 0.1) is 81.9 Å². The van der Waals surface area contributed by atoms with Gasteiger partial charge in [0.15, 0.2) is 5.96 Å². The first-order valence-electron chi connectivity index (χ1n) is 34.7. The van der Waals surface area contributed by atoms with Crippen LogP contribution in [0.25, 0.3) is 0 Å². The van der Waals surface area contributed by atoms with E-state index in [1.54, 1.807) is 126 Å². The van der Waals surface area contributed by atoms with E-state index in [2.05, 4.69) is 15.4 Å². The molecule has 0 saturated carbocycles. The largest absolute Gasteiger partial charge is 0.497 e. The van der Waals surface area contributed by atoms with Gasteiger partial charge >= 0.3 is 23.2 Å². The van der Waals surface area contributed by atoms with E-state index in [0.717, 1.165) is 50.6 Å². The quantitative estimate of drug-likeness (QED) is 0.0164. The van der Waals surface area contributed by atoms with E-state index in [9.17, 15) is 33.6 Å². The number of hydrogen-bond acceptors (Lipinski definition) is 18. The first-order valence-corrected chi connectivity index (χ1v) is 34.7. The molecule has 0 fully saturated rings. The Balaban J connectivity index is 0.000000215. The Bertz CT molecular complexity index is 4920. The van der Waals surface area contributed by atoms with Gasteiger partial charge in [0.1, 0.15) is 40.1 Å². The van der Waals surface area contributed by atoms with Crippen LogP contribution in [-0.4, -0.2) is 123 Å². The molecule has 1 amide bonds. The molecule has 0 saturated heterocycles. The molecular weight excluding hydrogens is 1380 g/mol. The maximum absolute atomic E-state index is 13.5. The first kappa shape index (κ1) is 82.6. The molecule has 10 N–H and O–H groups in total. The third-order valence-corrected chi connectivity index (χ3v) is 16.6. The van der Waals surface area contributed by atoms with Gasteiger partial charge in [-0.25, -0.2) is 23.9 Å². The highest BCUT2D eigenvalue weighted by Crippen LogP contribution is 2.19. The minimum atomic E-state index is -0.586. The van der Waals surface area contributed by atoms with Crippen LogP contribution in [0.5, 0.6) is 34.5 Å². The van der Waals surface area contributed by atoms with Crippen LogP contribution in [0.3, 0.4) is 0 Å². The van der Waals surface area contributed by atoms with Crippen LogP contribution in [0.4, 0.5) is 4.79 Å². The van der Waals surface area contributed by atoms with Crippen molar-refractivity contribution in [1.82, 2.24) is 42.5 Å². The zero-order valence-electron chi connectivity index (χ0n) is 62.5. The summed E-state index contributed by atoms with van der Waals surface area (Å²) in [7, 11) is 9.57.